The van der Waals surface area contributed by atoms with Crippen LogP contribution in [0.5, 0.6) is 0 Å². The van der Waals surface area contributed by atoms with Gasteiger partial charge in [-0.15, -0.1) is 0 Å². The lowest BCUT2D eigenvalue weighted by Crippen LogP contribution is -2.15. The van der Waals surface area contributed by atoms with Gasteiger partial charge in [0.2, 0.25) is 0 Å². The van der Waals surface area contributed by atoms with E-state index in [0.29, 0.717) is 16.3 Å². The summed E-state index contributed by atoms with van der Waals surface area (Å²) in [6, 6.07) is 5.00. The van der Waals surface area contributed by atoms with Crippen molar-refractivity contribution in [2.75, 3.05) is 5.73 Å². The summed E-state index contributed by atoms with van der Waals surface area (Å²) < 4.78 is 0. The van der Waals surface area contributed by atoms with E-state index >= 15 is 0 Å². The van der Waals surface area contributed by atoms with E-state index < -0.39 is 11.9 Å². The number of rotatable bonds is 3. The zero-order chi connectivity index (χ0) is 11.0. The molecule has 0 heterocycles. The number of hydrogen-bond donors (Lipinski definition) is 2. The number of carbonyl (C=O) groups is 1. The largest absolute Gasteiger partial charge is 0.481 e. The molecule has 0 radical (unpaired) electrons. The minimum absolute atomic E-state index is 0.225. The summed E-state index contributed by atoms with van der Waals surface area (Å²) in [4.78, 5) is 11.1. The van der Waals surface area contributed by atoms with E-state index in [-0.39, 0.29) is 5.92 Å². The number of nitrogens with two attached hydrogens (primary N) is 1. The van der Waals surface area contributed by atoms with Crippen LogP contribution in [0.1, 0.15) is 24.3 Å². The van der Waals surface area contributed by atoms with Crippen LogP contribution < -0.4 is 5.73 Å². The molecule has 0 aliphatic heterocycles. The first-order valence-corrected chi connectivity index (χ1v) is 5.25. The second-order valence-corrected chi connectivity index (χ2v) is 4.36. The smallest absolute Gasteiger partial charge is 0.311 e. The fraction of sp³-hybridized carbons (Fsp3) is 0.364. The number of carboxylic acids is 1. The average molecular weight is 226 g/mol. The minimum Gasteiger partial charge on any atom is -0.481 e. The van der Waals surface area contributed by atoms with Crippen molar-refractivity contribution in [3.8, 4) is 0 Å². The van der Waals surface area contributed by atoms with Crippen LogP contribution in [0.15, 0.2) is 18.2 Å². The number of benzene rings is 1. The Bertz CT molecular complexity index is 402. The quantitative estimate of drug-likeness (QED) is 0.777. The highest BCUT2D eigenvalue weighted by Gasteiger charge is 2.38. The normalized spacial score (nSPS) is 17.4. The molecule has 0 bridgehead atoms. The Labute approximate surface area is 92.8 Å². The maximum Gasteiger partial charge on any atom is 0.311 e. The van der Waals surface area contributed by atoms with Gasteiger partial charge in [-0.3, -0.25) is 4.79 Å². The maximum atomic E-state index is 11.1. The second kappa shape index (κ2) is 3.74. The molecule has 1 aromatic rings. The van der Waals surface area contributed by atoms with Crippen molar-refractivity contribution < 1.29 is 9.90 Å². The van der Waals surface area contributed by atoms with Crippen LogP contribution in [-0.2, 0) is 4.79 Å². The summed E-state index contributed by atoms with van der Waals surface area (Å²) in [5.74, 6) is -1.08. The molecule has 0 saturated heterocycles. The van der Waals surface area contributed by atoms with Gasteiger partial charge >= 0.3 is 5.97 Å². The SMILES string of the molecule is Nc1ccc(Cl)cc1C(C(=O)O)C1CC1. The zero-order valence-electron chi connectivity index (χ0n) is 8.11. The fourth-order valence-corrected chi connectivity index (χ4v) is 2.01. The molecule has 80 valence electrons. The molecule has 3 nitrogen and oxygen atoms in total. The fourth-order valence-electron chi connectivity index (χ4n) is 1.83. The molecule has 1 fully saturated rings. The van der Waals surface area contributed by atoms with E-state index in [1.54, 1.807) is 18.2 Å². The Kier molecular flexibility index (Phi) is 2.57. The Morgan fingerprint density at radius 2 is 2.20 bits per heavy atom. The summed E-state index contributed by atoms with van der Waals surface area (Å²) in [6.07, 6.45) is 1.92. The van der Waals surface area contributed by atoms with Gasteiger partial charge in [-0.2, -0.15) is 0 Å². The van der Waals surface area contributed by atoms with E-state index in [4.69, 9.17) is 22.4 Å². The van der Waals surface area contributed by atoms with Crippen LogP contribution >= 0.6 is 11.6 Å². The molecule has 0 amide bonds. The maximum absolute atomic E-state index is 11.1. The highest BCUT2D eigenvalue weighted by Crippen LogP contribution is 2.44. The number of halogens is 1. The molecule has 15 heavy (non-hydrogen) atoms. The van der Waals surface area contributed by atoms with Gasteiger partial charge in [0.15, 0.2) is 0 Å². The molecular formula is C11H12ClNO2. The molecule has 1 aliphatic carbocycles. The lowest BCUT2D eigenvalue weighted by atomic mass is 9.93. The molecule has 0 aromatic heterocycles. The third kappa shape index (κ3) is 2.07. The van der Waals surface area contributed by atoms with Crippen LogP contribution in [0.4, 0.5) is 5.69 Å². The van der Waals surface area contributed by atoms with E-state index in [2.05, 4.69) is 0 Å². The van der Waals surface area contributed by atoms with Gasteiger partial charge in [0.1, 0.15) is 0 Å². The van der Waals surface area contributed by atoms with Gasteiger partial charge in [0.05, 0.1) is 5.92 Å². The molecule has 4 heteroatoms. The minimum atomic E-state index is -0.813. The van der Waals surface area contributed by atoms with Gasteiger partial charge in [-0.25, -0.2) is 0 Å². The molecule has 1 aromatic carbocycles. The van der Waals surface area contributed by atoms with Crippen molar-refractivity contribution in [1.29, 1.82) is 0 Å². The van der Waals surface area contributed by atoms with Gasteiger partial charge in [-0.1, -0.05) is 11.6 Å². The van der Waals surface area contributed by atoms with E-state index in [1.807, 2.05) is 0 Å². The number of nitrogen functional groups attached to an aromatic ring is 1. The van der Waals surface area contributed by atoms with Gasteiger partial charge < -0.3 is 10.8 Å². The van der Waals surface area contributed by atoms with Crippen LogP contribution in [0.3, 0.4) is 0 Å². The molecule has 1 atom stereocenters. The highest BCUT2D eigenvalue weighted by molar-refractivity contribution is 6.30. The molecule has 2 rings (SSSR count). The van der Waals surface area contributed by atoms with Crippen molar-refractivity contribution in [3.63, 3.8) is 0 Å². The number of carboxylic acid groups (broad SMARTS) is 1. The summed E-state index contributed by atoms with van der Waals surface area (Å²) in [5.41, 5.74) is 6.93. The molecule has 0 spiro atoms. The molecule has 3 N–H and O–H groups in total. The topological polar surface area (TPSA) is 63.3 Å². The Morgan fingerprint density at radius 1 is 1.53 bits per heavy atom. The van der Waals surface area contributed by atoms with Gasteiger partial charge in [-0.05, 0) is 42.5 Å². The zero-order valence-corrected chi connectivity index (χ0v) is 8.87. The predicted molar refractivity (Wildman–Crippen MR) is 59.0 cm³/mol. The van der Waals surface area contributed by atoms with Crippen LogP contribution in [0.25, 0.3) is 0 Å². The molecule has 1 saturated carbocycles. The van der Waals surface area contributed by atoms with Crippen molar-refractivity contribution in [2.45, 2.75) is 18.8 Å². The Morgan fingerprint density at radius 3 is 2.73 bits per heavy atom. The van der Waals surface area contributed by atoms with Crippen LogP contribution in [-0.4, -0.2) is 11.1 Å². The molecule has 1 aliphatic rings. The van der Waals surface area contributed by atoms with Crippen molar-refractivity contribution >= 4 is 23.3 Å². The third-order valence-corrected chi connectivity index (χ3v) is 2.98. The van der Waals surface area contributed by atoms with Gasteiger partial charge in [0, 0.05) is 10.7 Å². The Balaban J connectivity index is 2.40. The lowest BCUT2D eigenvalue weighted by molar-refractivity contribution is -0.139. The summed E-state index contributed by atoms with van der Waals surface area (Å²) in [6.45, 7) is 0. The Hall–Kier alpha value is -1.22. The number of aliphatic carboxylic acids is 1. The van der Waals surface area contributed by atoms with Crippen molar-refractivity contribution in [2.24, 2.45) is 5.92 Å². The van der Waals surface area contributed by atoms with Crippen LogP contribution in [0.2, 0.25) is 5.02 Å². The first kappa shape index (κ1) is 10.3. The lowest BCUT2D eigenvalue weighted by Gasteiger charge is -2.14. The standard InChI is InChI=1S/C11H12ClNO2/c12-7-3-4-9(13)8(5-7)10(11(14)15)6-1-2-6/h3-6,10H,1-2,13H2,(H,14,15). The molecule has 1 unspecified atom stereocenters. The summed E-state index contributed by atoms with van der Waals surface area (Å²) in [7, 11) is 0. The van der Waals surface area contributed by atoms with Crippen LogP contribution in [0, 0.1) is 5.92 Å². The second-order valence-electron chi connectivity index (χ2n) is 3.93. The summed E-state index contributed by atoms with van der Waals surface area (Å²) in [5, 5.41) is 9.69. The first-order valence-electron chi connectivity index (χ1n) is 4.87. The average Bonchev–Trinajstić information content (AvgIpc) is 2.95. The number of anilines is 1. The molecular weight excluding hydrogens is 214 g/mol. The van der Waals surface area contributed by atoms with E-state index in [0.717, 1.165) is 12.8 Å². The monoisotopic (exact) mass is 225 g/mol. The van der Waals surface area contributed by atoms with E-state index in [9.17, 15) is 4.79 Å². The van der Waals surface area contributed by atoms with Crippen molar-refractivity contribution in [1.82, 2.24) is 0 Å². The third-order valence-electron chi connectivity index (χ3n) is 2.74. The first-order chi connectivity index (χ1) is 7.09. The van der Waals surface area contributed by atoms with Gasteiger partial charge in [0.25, 0.3) is 0 Å². The number of hydrogen-bond acceptors (Lipinski definition) is 2. The summed E-state index contributed by atoms with van der Waals surface area (Å²) >= 11 is 5.84. The highest BCUT2D eigenvalue weighted by atomic mass is 35.5. The van der Waals surface area contributed by atoms with E-state index in [1.165, 1.54) is 0 Å². The predicted octanol–water partition coefficient (Wildman–Crippen LogP) is 2.50. The van der Waals surface area contributed by atoms with Crippen molar-refractivity contribution in [3.05, 3.63) is 28.8 Å².